The number of hydrogen-bond donors (Lipinski definition) is 0. The summed E-state index contributed by atoms with van der Waals surface area (Å²) in [5, 5.41) is 0. The van der Waals surface area contributed by atoms with Crippen LogP contribution in [0, 0.1) is 5.82 Å². The Kier molecular flexibility index (Phi) is 5.46. The van der Waals surface area contributed by atoms with Gasteiger partial charge in [0.2, 0.25) is 0 Å². The molecule has 136 valence electrons. The van der Waals surface area contributed by atoms with Crippen molar-refractivity contribution in [1.82, 2.24) is 14.8 Å². The van der Waals surface area contributed by atoms with Gasteiger partial charge in [-0.05, 0) is 37.3 Å². The van der Waals surface area contributed by atoms with E-state index in [4.69, 9.17) is 4.74 Å². The zero-order valence-corrected chi connectivity index (χ0v) is 14.5. The van der Waals surface area contributed by atoms with Crippen LogP contribution in [-0.2, 0) is 0 Å². The molecule has 1 aliphatic heterocycles. The molecule has 0 N–H and O–H groups in total. The minimum Gasteiger partial charge on any atom is -0.491 e. The fourth-order valence-corrected chi connectivity index (χ4v) is 2.88. The Balaban J connectivity index is 1.62. The van der Waals surface area contributed by atoms with Gasteiger partial charge < -0.3 is 14.5 Å². The van der Waals surface area contributed by atoms with Crippen LogP contribution < -0.4 is 4.74 Å². The summed E-state index contributed by atoms with van der Waals surface area (Å²) in [6, 6.07) is 7.56. The second kappa shape index (κ2) is 7.95. The molecule has 0 atom stereocenters. The lowest BCUT2D eigenvalue weighted by Gasteiger charge is -2.34. The number of nitrogens with zero attached hydrogens (tertiary/aromatic N) is 3. The fraction of sp³-hybridized carbons (Fsp3) is 0.316. The van der Waals surface area contributed by atoms with Gasteiger partial charge in [0.15, 0.2) is 11.6 Å². The zero-order chi connectivity index (χ0) is 18.5. The van der Waals surface area contributed by atoms with Gasteiger partial charge >= 0.3 is 0 Å². The lowest BCUT2D eigenvalue weighted by molar-refractivity contribution is 0.0535. The van der Waals surface area contributed by atoms with E-state index in [1.165, 1.54) is 12.1 Å². The molecule has 0 bridgehead atoms. The Hall–Kier alpha value is -2.96. The van der Waals surface area contributed by atoms with Gasteiger partial charge in [0.25, 0.3) is 11.8 Å². The third-order valence-corrected chi connectivity index (χ3v) is 4.26. The van der Waals surface area contributed by atoms with Crippen LogP contribution in [0.1, 0.15) is 27.6 Å². The third kappa shape index (κ3) is 3.82. The number of hydrogen-bond acceptors (Lipinski definition) is 4. The largest absolute Gasteiger partial charge is 0.491 e. The van der Waals surface area contributed by atoms with E-state index < -0.39 is 5.82 Å². The minimum absolute atomic E-state index is 0.0772. The highest BCUT2D eigenvalue weighted by atomic mass is 19.1. The first-order valence-electron chi connectivity index (χ1n) is 8.51. The quantitative estimate of drug-likeness (QED) is 0.842. The van der Waals surface area contributed by atoms with E-state index in [0.717, 1.165) is 0 Å². The molecule has 1 fully saturated rings. The van der Waals surface area contributed by atoms with Crippen molar-refractivity contribution in [1.29, 1.82) is 0 Å². The molecule has 26 heavy (non-hydrogen) atoms. The first kappa shape index (κ1) is 17.8. The molecule has 0 spiro atoms. The number of benzene rings is 1. The van der Waals surface area contributed by atoms with E-state index in [9.17, 15) is 14.0 Å². The van der Waals surface area contributed by atoms with E-state index in [0.29, 0.717) is 38.3 Å². The molecular formula is C19H20FN3O3. The molecular weight excluding hydrogens is 337 g/mol. The van der Waals surface area contributed by atoms with Gasteiger partial charge in [-0.15, -0.1) is 0 Å². The number of rotatable bonds is 4. The second-order valence-electron chi connectivity index (χ2n) is 5.90. The molecule has 1 aromatic carbocycles. The smallest absolute Gasteiger partial charge is 0.254 e. The number of pyridine rings is 1. The van der Waals surface area contributed by atoms with E-state index in [1.54, 1.807) is 47.3 Å². The number of piperazine rings is 1. The predicted octanol–water partition coefficient (Wildman–Crippen LogP) is 2.22. The highest BCUT2D eigenvalue weighted by molar-refractivity contribution is 5.96. The predicted molar refractivity (Wildman–Crippen MR) is 93.6 cm³/mol. The van der Waals surface area contributed by atoms with Crippen molar-refractivity contribution in [2.24, 2.45) is 0 Å². The van der Waals surface area contributed by atoms with Crippen LogP contribution in [0.3, 0.4) is 0 Å². The van der Waals surface area contributed by atoms with E-state index in [-0.39, 0.29) is 23.1 Å². The Bertz CT molecular complexity index is 790. The summed E-state index contributed by atoms with van der Waals surface area (Å²) in [5.41, 5.74) is 0.855. The van der Waals surface area contributed by atoms with Crippen LogP contribution in [0.2, 0.25) is 0 Å². The van der Waals surface area contributed by atoms with E-state index >= 15 is 0 Å². The molecule has 7 heteroatoms. The van der Waals surface area contributed by atoms with Crippen molar-refractivity contribution in [2.45, 2.75) is 6.92 Å². The molecule has 2 aromatic rings. The van der Waals surface area contributed by atoms with Gasteiger partial charge in [-0.1, -0.05) is 0 Å². The number of ether oxygens (including phenoxy) is 1. The molecule has 1 aliphatic rings. The van der Waals surface area contributed by atoms with Crippen molar-refractivity contribution in [3.8, 4) is 5.75 Å². The van der Waals surface area contributed by atoms with Crippen molar-refractivity contribution in [2.75, 3.05) is 32.8 Å². The Labute approximate surface area is 151 Å². The molecule has 0 aliphatic carbocycles. The average molecular weight is 357 g/mol. The molecule has 3 rings (SSSR count). The molecule has 6 nitrogen and oxygen atoms in total. The first-order valence-corrected chi connectivity index (χ1v) is 8.51. The van der Waals surface area contributed by atoms with Crippen LogP contribution in [-0.4, -0.2) is 59.4 Å². The lowest BCUT2D eigenvalue weighted by atomic mass is 10.1. The normalized spacial score (nSPS) is 14.2. The van der Waals surface area contributed by atoms with Gasteiger partial charge in [-0.3, -0.25) is 14.6 Å². The maximum absolute atomic E-state index is 14.0. The third-order valence-electron chi connectivity index (χ3n) is 4.26. The molecule has 1 aromatic heterocycles. The van der Waals surface area contributed by atoms with Gasteiger partial charge in [-0.2, -0.15) is 0 Å². The van der Waals surface area contributed by atoms with Gasteiger partial charge in [0.1, 0.15) is 0 Å². The van der Waals surface area contributed by atoms with Crippen LogP contribution in [0.15, 0.2) is 42.7 Å². The Morgan fingerprint density at radius 1 is 1.00 bits per heavy atom. The van der Waals surface area contributed by atoms with E-state index in [2.05, 4.69) is 4.98 Å². The summed E-state index contributed by atoms with van der Waals surface area (Å²) >= 11 is 0. The molecule has 2 amide bonds. The first-order chi connectivity index (χ1) is 12.6. The highest BCUT2D eigenvalue weighted by Gasteiger charge is 2.26. The monoisotopic (exact) mass is 357 g/mol. The summed E-state index contributed by atoms with van der Waals surface area (Å²) in [6.07, 6.45) is 3.15. The summed E-state index contributed by atoms with van der Waals surface area (Å²) < 4.78 is 19.1. The summed E-state index contributed by atoms with van der Waals surface area (Å²) in [5.74, 6) is -0.740. The van der Waals surface area contributed by atoms with E-state index in [1.807, 2.05) is 0 Å². The summed E-state index contributed by atoms with van der Waals surface area (Å²) in [7, 11) is 0. The summed E-state index contributed by atoms with van der Waals surface area (Å²) in [4.78, 5) is 32.2. The van der Waals surface area contributed by atoms with Crippen LogP contribution >= 0.6 is 0 Å². The molecule has 0 radical (unpaired) electrons. The SMILES string of the molecule is CCOc1ccc(C(=O)N2CCN(C(=O)c3ccncc3)CC2)cc1F. The Morgan fingerprint density at radius 3 is 2.12 bits per heavy atom. The van der Waals surface area contributed by atoms with Crippen molar-refractivity contribution >= 4 is 11.8 Å². The number of amides is 2. The van der Waals surface area contributed by atoms with Crippen LogP contribution in [0.5, 0.6) is 5.75 Å². The standard InChI is InChI=1S/C19H20FN3O3/c1-2-26-17-4-3-15(13-16(17)20)19(25)23-11-9-22(10-12-23)18(24)14-5-7-21-8-6-14/h3-8,13H,2,9-12H2,1H3. The molecule has 1 saturated heterocycles. The van der Waals surface area contributed by atoms with Gasteiger partial charge in [0.05, 0.1) is 6.61 Å². The Morgan fingerprint density at radius 2 is 1.58 bits per heavy atom. The van der Waals surface area contributed by atoms with Crippen LogP contribution in [0.25, 0.3) is 0 Å². The number of halogens is 1. The molecule has 2 heterocycles. The number of carbonyl (C=O) groups excluding carboxylic acids is 2. The maximum Gasteiger partial charge on any atom is 0.254 e. The molecule has 0 saturated carbocycles. The second-order valence-corrected chi connectivity index (χ2v) is 5.90. The zero-order valence-electron chi connectivity index (χ0n) is 14.5. The van der Waals surface area contributed by atoms with Gasteiger partial charge in [-0.25, -0.2) is 4.39 Å². The van der Waals surface area contributed by atoms with Crippen LogP contribution in [0.4, 0.5) is 4.39 Å². The van der Waals surface area contributed by atoms with Crippen molar-refractivity contribution < 1.29 is 18.7 Å². The van der Waals surface area contributed by atoms with Crippen molar-refractivity contribution in [3.63, 3.8) is 0 Å². The minimum atomic E-state index is -0.552. The maximum atomic E-state index is 14.0. The topological polar surface area (TPSA) is 62.7 Å². The average Bonchev–Trinajstić information content (AvgIpc) is 2.69. The van der Waals surface area contributed by atoms with Crippen molar-refractivity contribution in [3.05, 3.63) is 59.7 Å². The molecule has 0 unspecified atom stereocenters. The summed E-state index contributed by atoms with van der Waals surface area (Å²) in [6.45, 7) is 3.82. The highest BCUT2D eigenvalue weighted by Crippen LogP contribution is 2.20. The fourth-order valence-electron chi connectivity index (χ4n) is 2.88. The number of carbonyl (C=O) groups is 2. The lowest BCUT2D eigenvalue weighted by Crippen LogP contribution is -2.50. The number of aromatic nitrogens is 1. The van der Waals surface area contributed by atoms with Gasteiger partial charge in [0, 0.05) is 49.7 Å².